The predicted molar refractivity (Wildman–Crippen MR) is 150 cm³/mol. The molecule has 43 heavy (non-hydrogen) atoms. The number of hydrogen-bond acceptors (Lipinski definition) is 6. The number of phenolic OH excluding ortho intramolecular Hbond substituents is 1. The normalized spacial score (nSPS) is 18.1. The van der Waals surface area contributed by atoms with Gasteiger partial charge < -0.3 is 30.9 Å². The van der Waals surface area contributed by atoms with Gasteiger partial charge in [-0.3, -0.25) is 14.4 Å². The van der Waals surface area contributed by atoms with Crippen LogP contribution in [0.1, 0.15) is 39.0 Å². The second-order valence-electron chi connectivity index (χ2n) is 10.4. The second kappa shape index (κ2) is 13.3. The number of aliphatic hydroxyl groups excluding tert-OH is 2. The molecule has 0 aromatic heterocycles. The Balaban J connectivity index is 1.53. The number of benzene rings is 3. The standard InChI is InChI=1S/C31H32F3N3O6/c1-18-22(11-7-13-26(18)39)28(41)36-24(14-19-8-3-2-4-9-19)27(40)30(43)37-17-21(38)15-25(37)29(42)35-16-20-10-5-6-12-23(20)31(32,33)34/h2-13,21,24-25,27,38-40H,14-17H2,1H3,(H,35,42)(H,36,41)/t21-,24+,25+,27+/m1/s1. The summed E-state index contributed by atoms with van der Waals surface area (Å²) in [5.41, 5.74) is 0.0297. The van der Waals surface area contributed by atoms with Crippen molar-refractivity contribution >= 4 is 17.7 Å². The average molecular weight is 600 g/mol. The maximum Gasteiger partial charge on any atom is 0.416 e. The fourth-order valence-corrected chi connectivity index (χ4v) is 5.12. The van der Waals surface area contributed by atoms with E-state index < -0.39 is 60.3 Å². The zero-order valence-electron chi connectivity index (χ0n) is 23.2. The smallest absolute Gasteiger partial charge is 0.416 e. The minimum absolute atomic E-state index is 0.0266. The molecule has 0 unspecified atom stereocenters. The molecule has 5 N–H and O–H groups in total. The molecule has 4 rings (SSSR count). The van der Waals surface area contributed by atoms with E-state index in [-0.39, 0.29) is 36.3 Å². The molecule has 0 saturated carbocycles. The highest BCUT2D eigenvalue weighted by Gasteiger charge is 2.43. The van der Waals surface area contributed by atoms with Crippen LogP contribution in [0.5, 0.6) is 5.75 Å². The third-order valence-electron chi connectivity index (χ3n) is 7.44. The molecule has 1 fully saturated rings. The van der Waals surface area contributed by atoms with E-state index in [2.05, 4.69) is 10.6 Å². The molecule has 1 aliphatic rings. The molecule has 1 aliphatic heterocycles. The van der Waals surface area contributed by atoms with Crippen LogP contribution in [0.4, 0.5) is 13.2 Å². The molecular weight excluding hydrogens is 567 g/mol. The number of phenols is 1. The van der Waals surface area contributed by atoms with Crippen molar-refractivity contribution in [3.63, 3.8) is 0 Å². The Hall–Kier alpha value is -4.42. The molecule has 0 aliphatic carbocycles. The Morgan fingerprint density at radius 3 is 2.37 bits per heavy atom. The van der Waals surface area contributed by atoms with Gasteiger partial charge in [0.25, 0.3) is 11.8 Å². The number of β-amino-alcohol motifs (C(OH)–C–C–N with tert-alkyl or cyclic N) is 1. The number of halogens is 3. The monoisotopic (exact) mass is 599 g/mol. The van der Waals surface area contributed by atoms with Gasteiger partial charge in [-0.05, 0) is 42.7 Å². The van der Waals surface area contributed by atoms with E-state index in [0.717, 1.165) is 11.0 Å². The molecule has 9 nitrogen and oxygen atoms in total. The van der Waals surface area contributed by atoms with Gasteiger partial charge in [-0.2, -0.15) is 13.2 Å². The van der Waals surface area contributed by atoms with Crippen molar-refractivity contribution < 1.29 is 42.9 Å². The van der Waals surface area contributed by atoms with Crippen molar-refractivity contribution in [2.45, 2.75) is 56.8 Å². The lowest BCUT2D eigenvalue weighted by atomic mass is 9.98. The third kappa shape index (κ3) is 7.51. The number of likely N-dealkylation sites (tertiary alicyclic amines) is 1. The number of aliphatic hydroxyl groups is 2. The van der Waals surface area contributed by atoms with E-state index in [4.69, 9.17) is 0 Å². The summed E-state index contributed by atoms with van der Waals surface area (Å²) in [5.74, 6) is -2.50. The van der Waals surface area contributed by atoms with Crippen molar-refractivity contribution in [2.24, 2.45) is 0 Å². The van der Waals surface area contributed by atoms with Crippen LogP contribution in [0, 0.1) is 6.92 Å². The number of nitrogens with zero attached hydrogens (tertiary/aromatic N) is 1. The van der Waals surface area contributed by atoms with Crippen LogP contribution in [0.25, 0.3) is 0 Å². The Bertz CT molecular complexity index is 1470. The van der Waals surface area contributed by atoms with Crippen LogP contribution < -0.4 is 10.6 Å². The van der Waals surface area contributed by atoms with Crippen molar-refractivity contribution in [2.75, 3.05) is 6.54 Å². The Labute approximate surface area is 246 Å². The van der Waals surface area contributed by atoms with Crippen LogP contribution in [0.3, 0.4) is 0 Å². The Morgan fingerprint density at radius 2 is 1.67 bits per heavy atom. The van der Waals surface area contributed by atoms with Gasteiger partial charge in [0.15, 0.2) is 6.10 Å². The second-order valence-corrected chi connectivity index (χ2v) is 10.4. The summed E-state index contributed by atoms with van der Waals surface area (Å²) in [6.45, 7) is 0.770. The molecule has 4 atom stereocenters. The van der Waals surface area contributed by atoms with E-state index in [1.807, 2.05) is 0 Å². The number of aromatic hydroxyl groups is 1. The molecular formula is C31H32F3N3O6. The van der Waals surface area contributed by atoms with E-state index in [1.165, 1.54) is 36.4 Å². The number of nitrogens with one attached hydrogen (secondary N) is 2. The average Bonchev–Trinajstić information content (AvgIpc) is 3.38. The minimum atomic E-state index is -4.63. The van der Waals surface area contributed by atoms with Crippen LogP contribution in [0.15, 0.2) is 72.8 Å². The number of amides is 3. The Kier molecular flexibility index (Phi) is 9.72. The number of alkyl halides is 3. The van der Waals surface area contributed by atoms with Crippen LogP contribution in [0.2, 0.25) is 0 Å². The summed E-state index contributed by atoms with van der Waals surface area (Å²) < 4.78 is 40.2. The topological polar surface area (TPSA) is 139 Å². The summed E-state index contributed by atoms with van der Waals surface area (Å²) in [5, 5.41) is 36.7. The summed E-state index contributed by atoms with van der Waals surface area (Å²) in [6, 6.07) is 15.4. The van der Waals surface area contributed by atoms with Gasteiger partial charge in [0.2, 0.25) is 5.91 Å². The van der Waals surface area contributed by atoms with Gasteiger partial charge in [-0.15, -0.1) is 0 Å². The van der Waals surface area contributed by atoms with Gasteiger partial charge in [-0.25, -0.2) is 0 Å². The zero-order valence-corrected chi connectivity index (χ0v) is 23.2. The Morgan fingerprint density at radius 1 is 1.00 bits per heavy atom. The van der Waals surface area contributed by atoms with Crippen molar-refractivity contribution in [1.82, 2.24) is 15.5 Å². The first-order valence-electron chi connectivity index (χ1n) is 13.6. The highest BCUT2D eigenvalue weighted by atomic mass is 19.4. The molecule has 228 valence electrons. The first kappa shape index (κ1) is 31.5. The largest absolute Gasteiger partial charge is 0.508 e. The maximum absolute atomic E-state index is 13.6. The maximum atomic E-state index is 13.6. The highest BCUT2D eigenvalue weighted by molar-refractivity contribution is 5.97. The quantitative estimate of drug-likeness (QED) is 0.256. The highest BCUT2D eigenvalue weighted by Crippen LogP contribution is 2.32. The molecule has 0 spiro atoms. The third-order valence-corrected chi connectivity index (χ3v) is 7.44. The zero-order chi connectivity index (χ0) is 31.3. The first-order valence-corrected chi connectivity index (χ1v) is 13.6. The first-order chi connectivity index (χ1) is 20.4. The molecule has 12 heteroatoms. The fourth-order valence-electron chi connectivity index (χ4n) is 5.12. The van der Waals surface area contributed by atoms with Crippen LogP contribution in [-0.4, -0.2) is 68.8 Å². The SMILES string of the molecule is Cc1c(O)cccc1C(=O)N[C@@H](Cc1ccccc1)[C@H](O)C(=O)N1C[C@H](O)C[C@H]1C(=O)NCc1ccccc1C(F)(F)F. The summed E-state index contributed by atoms with van der Waals surface area (Å²) >= 11 is 0. The molecule has 3 amide bonds. The van der Waals surface area contributed by atoms with E-state index in [0.29, 0.717) is 11.1 Å². The summed E-state index contributed by atoms with van der Waals surface area (Å²) in [4.78, 5) is 40.8. The number of rotatable bonds is 9. The van der Waals surface area contributed by atoms with Gasteiger partial charge in [0, 0.05) is 30.6 Å². The summed E-state index contributed by atoms with van der Waals surface area (Å²) in [7, 11) is 0. The van der Waals surface area contributed by atoms with Gasteiger partial charge >= 0.3 is 6.18 Å². The van der Waals surface area contributed by atoms with Gasteiger partial charge in [-0.1, -0.05) is 54.6 Å². The summed E-state index contributed by atoms with van der Waals surface area (Å²) in [6.07, 6.45) is -7.77. The van der Waals surface area contributed by atoms with E-state index in [9.17, 15) is 42.9 Å². The van der Waals surface area contributed by atoms with E-state index in [1.54, 1.807) is 37.3 Å². The molecule has 0 bridgehead atoms. The predicted octanol–water partition coefficient (Wildman–Crippen LogP) is 2.70. The molecule has 3 aromatic carbocycles. The lowest BCUT2D eigenvalue weighted by Gasteiger charge is -2.30. The van der Waals surface area contributed by atoms with Crippen molar-refractivity contribution in [3.8, 4) is 5.75 Å². The van der Waals surface area contributed by atoms with Gasteiger partial charge in [0.05, 0.1) is 17.7 Å². The van der Waals surface area contributed by atoms with Crippen molar-refractivity contribution in [1.29, 1.82) is 0 Å². The molecule has 1 saturated heterocycles. The molecule has 0 radical (unpaired) electrons. The molecule has 1 heterocycles. The van der Waals surface area contributed by atoms with Crippen molar-refractivity contribution in [3.05, 3.63) is 101 Å². The minimum Gasteiger partial charge on any atom is -0.508 e. The lowest BCUT2D eigenvalue weighted by molar-refractivity contribution is -0.146. The number of carbonyl (C=O) groups excluding carboxylic acids is 3. The van der Waals surface area contributed by atoms with Crippen LogP contribution in [-0.2, 0) is 28.7 Å². The van der Waals surface area contributed by atoms with E-state index >= 15 is 0 Å². The fraction of sp³-hybridized carbons (Fsp3) is 0.323. The molecule has 3 aromatic rings. The number of hydrogen-bond donors (Lipinski definition) is 5. The lowest BCUT2D eigenvalue weighted by Crippen LogP contribution is -2.55. The van der Waals surface area contributed by atoms with Gasteiger partial charge in [0.1, 0.15) is 11.8 Å². The van der Waals surface area contributed by atoms with Crippen LogP contribution >= 0.6 is 0 Å². The number of carbonyl (C=O) groups is 3.